The summed E-state index contributed by atoms with van der Waals surface area (Å²) in [6.07, 6.45) is 4.13. The third kappa shape index (κ3) is 2.56. The first-order valence-corrected chi connectivity index (χ1v) is 4.57. The number of carbonyl (C=O) groups excluding carboxylic acids is 1. The third-order valence-corrected chi connectivity index (χ3v) is 2.29. The van der Waals surface area contributed by atoms with E-state index < -0.39 is 0 Å². The molecule has 0 saturated heterocycles. The molecule has 1 aliphatic rings. The topological polar surface area (TPSA) is 84.7 Å². The number of hydrogen-bond acceptors (Lipinski definition) is 2. The van der Waals surface area contributed by atoms with Gasteiger partial charge in [-0.3, -0.25) is 9.69 Å². The summed E-state index contributed by atoms with van der Waals surface area (Å²) in [5.74, 6) is -0.477. The summed E-state index contributed by atoms with van der Waals surface area (Å²) in [6.45, 7) is 4.32. The summed E-state index contributed by atoms with van der Waals surface area (Å²) in [7, 11) is 0. The zero-order valence-electron chi connectivity index (χ0n) is 8.47. The van der Waals surface area contributed by atoms with Crippen LogP contribution in [0.5, 0.6) is 0 Å². The van der Waals surface area contributed by atoms with E-state index >= 15 is 0 Å². The first-order valence-electron chi connectivity index (χ1n) is 4.57. The Bertz CT molecular complexity index is 269. The molecule has 0 aromatic heterocycles. The minimum absolute atomic E-state index is 0.178. The maximum absolute atomic E-state index is 11.3. The summed E-state index contributed by atoms with van der Waals surface area (Å²) >= 11 is 0. The lowest BCUT2D eigenvalue weighted by atomic mass is 10.3. The molecular weight excluding hydrogens is 180 g/mol. The standard InChI is InChI=1S/C9H16N4O/c1-6-3-4-7(2)13(6)5-8(14)12-9(10)11/h3-4,6-7H,5H2,1-2H3,(H4,10,11,12,14)/t6-,7-/m1/s1. The first kappa shape index (κ1) is 10.7. The summed E-state index contributed by atoms with van der Waals surface area (Å²) < 4.78 is 0. The number of rotatable bonds is 2. The predicted octanol–water partition coefficient (Wildman–Crippen LogP) is -0.565. The average Bonchev–Trinajstić information content (AvgIpc) is 2.34. The van der Waals surface area contributed by atoms with Crippen molar-refractivity contribution < 1.29 is 4.79 Å². The van der Waals surface area contributed by atoms with Gasteiger partial charge in [0.15, 0.2) is 5.96 Å². The van der Waals surface area contributed by atoms with Gasteiger partial charge >= 0.3 is 0 Å². The van der Waals surface area contributed by atoms with Gasteiger partial charge in [-0.1, -0.05) is 12.2 Å². The number of nitrogens with two attached hydrogens (primary N) is 2. The van der Waals surface area contributed by atoms with Crippen LogP contribution < -0.4 is 11.5 Å². The molecule has 0 unspecified atom stereocenters. The lowest BCUT2D eigenvalue weighted by Crippen LogP contribution is -2.38. The van der Waals surface area contributed by atoms with Gasteiger partial charge in [-0.2, -0.15) is 4.99 Å². The Balaban J connectivity index is 2.53. The van der Waals surface area contributed by atoms with Gasteiger partial charge in [-0.05, 0) is 13.8 Å². The molecule has 0 bridgehead atoms. The number of guanidine groups is 1. The van der Waals surface area contributed by atoms with E-state index in [1.165, 1.54) is 0 Å². The van der Waals surface area contributed by atoms with Crippen molar-refractivity contribution in [3.05, 3.63) is 12.2 Å². The lowest BCUT2D eigenvalue weighted by molar-refractivity contribution is -0.119. The SMILES string of the molecule is C[C@@H]1C=C[C@@H](C)N1CC(=O)N=C(N)N. The second kappa shape index (κ2) is 4.23. The highest BCUT2D eigenvalue weighted by Crippen LogP contribution is 2.15. The number of aliphatic imine (C=N–C) groups is 1. The van der Waals surface area contributed by atoms with Crippen LogP contribution in [0.15, 0.2) is 17.1 Å². The molecule has 0 radical (unpaired) electrons. The highest BCUT2D eigenvalue weighted by Gasteiger charge is 2.23. The van der Waals surface area contributed by atoms with E-state index in [2.05, 4.69) is 17.1 Å². The number of hydrogen-bond donors (Lipinski definition) is 2. The molecule has 0 aliphatic carbocycles. The second-order valence-corrected chi connectivity index (χ2v) is 3.47. The molecule has 1 rings (SSSR count). The number of amides is 1. The van der Waals surface area contributed by atoms with Crippen LogP contribution >= 0.6 is 0 Å². The molecule has 2 atom stereocenters. The van der Waals surface area contributed by atoms with E-state index in [1.54, 1.807) is 0 Å². The molecule has 5 nitrogen and oxygen atoms in total. The van der Waals surface area contributed by atoms with Crippen LogP contribution in [0.1, 0.15) is 13.8 Å². The van der Waals surface area contributed by atoms with Crippen molar-refractivity contribution in [3.63, 3.8) is 0 Å². The van der Waals surface area contributed by atoms with Crippen molar-refractivity contribution in [3.8, 4) is 0 Å². The molecule has 4 N–H and O–H groups in total. The predicted molar refractivity (Wildman–Crippen MR) is 55.6 cm³/mol. The van der Waals surface area contributed by atoms with Crippen molar-refractivity contribution >= 4 is 11.9 Å². The Hall–Kier alpha value is -1.36. The maximum Gasteiger partial charge on any atom is 0.263 e. The fourth-order valence-electron chi connectivity index (χ4n) is 1.54. The fourth-order valence-corrected chi connectivity index (χ4v) is 1.54. The minimum Gasteiger partial charge on any atom is -0.370 e. The van der Waals surface area contributed by atoms with Crippen LogP contribution in [0.3, 0.4) is 0 Å². The minimum atomic E-state index is -0.299. The van der Waals surface area contributed by atoms with E-state index in [-0.39, 0.29) is 30.5 Å². The summed E-state index contributed by atoms with van der Waals surface area (Å²) in [6, 6.07) is 0.534. The Labute approximate surface area is 83.5 Å². The van der Waals surface area contributed by atoms with Crippen molar-refractivity contribution in [2.24, 2.45) is 16.5 Å². The van der Waals surface area contributed by atoms with Crippen molar-refractivity contribution in [1.29, 1.82) is 0 Å². The van der Waals surface area contributed by atoms with Crippen LogP contribution in [0.25, 0.3) is 0 Å². The normalized spacial score (nSPS) is 26.4. The van der Waals surface area contributed by atoms with Gasteiger partial charge in [0.25, 0.3) is 5.91 Å². The molecule has 5 heteroatoms. The zero-order chi connectivity index (χ0) is 10.7. The highest BCUT2D eigenvalue weighted by molar-refractivity contribution is 5.92. The van der Waals surface area contributed by atoms with Crippen molar-refractivity contribution in [2.45, 2.75) is 25.9 Å². The van der Waals surface area contributed by atoms with Gasteiger partial charge < -0.3 is 11.5 Å². The average molecular weight is 196 g/mol. The van der Waals surface area contributed by atoms with Crippen molar-refractivity contribution in [1.82, 2.24) is 4.90 Å². The Morgan fingerprint density at radius 1 is 1.36 bits per heavy atom. The lowest BCUT2D eigenvalue weighted by Gasteiger charge is -2.24. The fraction of sp³-hybridized carbons (Fsp3) is 0.556. The van der Waals surface area contributed by atoms with Crippen molar-refractivity contribution in [2.75, 3.05) is 6.54 Å². The molecule has 1 heterocycles. The Morgan fingerprint density at radius 3 is 2.29 bits per heavy atom. The molecule has 0 fully saturated rings. The molecule has 14 heavy (non-hydrogen) atoms. The number of carbonyl (C=O) groups is 1. The summed E-state index contributed by atoms with van der Waals surface area (Å²) in [4.78, 5) is 16.8. The number of nitrogens with zero attached hydrogens (tertiary/aromatic N) is 2. The van der Waals surface area contributed by atoms with E-state index in [0.29, 0.717) is 0 Å². The third-order valence-electron chi connectivity index (χ3n) is 2.29. The van der Waals surface area contributed by atoms with Gasteiger partial charge in [0.1, 0.15) is 0 Å². The van der Waals surface area contributed by atoms with Crippen LogP contribution in [-0.2, 0) is 4.79 Å². The van der Waals surface area contributed by atoms with Crippen LogP contribution in [0.2, 0.25) is 0 Å². The van der Waals surface area contributed by atoms with E-state index in [0.717, 1.165) is 0 Å². The molecule has 78 valence electrons. The summed E-state index contributed by atoms with van der Waals surface area (Å²) in [5, 5.41) is 0. The molecular formula is C9H16N4O. The molecule has 1 amide bonds. The van der Waals surface area contributed by atoms with Gasteiger partial charge in [-0.25, -0.2) is 0 Å². The maximum atomic E-state index is 11.3. The second-order valence-electron chi connectivity index (χ2n) is 3.47. The first-order chi connectivity index (χ1) is 6.50. The quantitative estimate of drug-likeness (QED) is 0.352. The molecule has 0 aromatic rings. The molecule has 1 aliphatic heterocycles. The van der Waals surface area contributed by atoms with Crippen LogP contribution in [0, 0.1) is 0 Å². The van der Waals surface area contributed by atoms with Gasteiger partial charge in [0.2, 0.25) is 0 Å². The van der Waals surface area contributed by atoms with Gasteiger partial charge in [0.05, 0.1) is 6.54 Å². The van der Waals surface area contributed by atoms with Gasteiger partial charge in [0, 0.05) is 12.1 Å². The van der Waals surface area contributed by atoms with Gasteiger partial charge in [-0.15, -0.1) is 0 Å². The largest absolute Gasteiger partial charge is 0.370 e. The molecule has 0 spiro atoms. The Morgan fingerprint density at radius 2 is 1.86 bits per heavy atom. The smallest absolute Gasteiger partial charge is 0.263 e. The molecule has 0 aromatic carbocycles. The Kier molecular flexibility index (Phi) is 3.24. The molecule has 0 saturated carbocycles. The van der Waals surface area contributed by atoms with Crippen LogP contribution in [-0.4, -0.2) is 35.4 Å². The zero-order valence-corrected chi connectivity index (χ0v) is 8.47. The van der Waals surface area contributed by atoms with Crippen LogP contribution in [0.4, 0.5) is 0 Å². The monoisotopic (exact) mass is 196 g/mol. The highest BCUT2D eigenvalue weighted by atomic mass is 16.1. The van der Waals surface area contributed by atoms with E-state index in [9.17, 15) is 4.79 Å². The van der Waals surface area contributed by atoms with E-state index in [4.69, 9.17) is 11.5 Å². The van der Waals surface area contributed by atoms with E-state index in [1.807, 2.05) is 18.7 Å². The summed E-state index contributed by atoms with van der Waals surface area (Å²) in [5.41, 5.74) is 10.2.